The Morgan fingerprint density at radius 3 is 2.60 bits per heavy atom. The summed E-state index contributed by atoms with van der Waals surface area (Å²) in [5.41, 5.74) is 0.480. The average Bonchev–Trinajstić information content (AvgIpc) is 2.95. The molecule has 8 nitrogen and oxygen atoms in total. The Kier molecular flexibility index (Phi) is 4.29. The second kappa shape index (κ2) is 6.59. The molecule has 0 N–H and O–H groups in total. The normalized spacial score (nSPS) is 26.8. The summed E-state index contributed by atoms with van der Waals surface area (Å²) in [5.74, 6) is 0.617. The van der Waals surface area contributed by atoms with Crippen molar-refractivity contribution >= 4 is 17.8 Å². The summed E-state index contributed by atoms with van der Waals surface area (Å²) in [5, 5.41) is 0. The number of nitrogens with zero attached hydrogens (tertiary/aromatic N) is 5. The van der Waals surface area contributed by atoms with E-state index in [0.717, 1.165) is 25.9 Å². The van der Waals surface area contributed by atoms with Gasteiger partial charge in [0.25, 0.3) is 5.91 Å². The van der Waals surface area contributed by atoms with Gasteiger partial charge in [0.15, 0.2) is 0 Å². The van der Waals surface area contributed by atoms with Crippen LogP contribution in [0.3, 0.4) is 0 Å². The molecule has 2 amide bonds. The van der Waals surface area contributed by atoms with Crippen LogP contribution in [0.2, 0.25) is 0 Å². The largest absolute Gasteiger partial charge is 0.378 e. The van der Waals surface area contributed by atoms with Crippen molar-refractivity contribution in [2.45, 2.75) is 18.9 Å². The van der Waals surface area contributed by atoms with E-state index in [1.54, 1.807) is 22.2 Å². The minimum absolute atomic E-state index is 0.0822. The van der Waals surface area contributed by atoms with Crippen molar-refractivity contribution in [2.75, 3.05) is 51.3 Å². The molecule has 0 saturated carbocycles. The molecule has 4 saturated heterocycles. The molecule has 5 rings (SSSR count). The second-order valence-electron chi connectivity index (χ2n) is 6.96. The number of anilines is 1. The van der Waals surface area contributed by atoms with Crippen LogP contribution in [0.5, 0.6) is 0 Å². The maximum Gasteiger partial charge on any atom is 0.257 e. The van der Waals surface area contributed by atoms with E-state index in [9.17, 15) is 9.59 Å². The minimum atomic E-state index is -0.0893. The van der Waals surface area contributed by atoms with Gasteiger partial charge in [-0.2, -0.15) is 0 Å². The number of fused-ring (bicyclic) bond motifs is 4. The number of carbonyl (C=O) groups is 2. The lowest BCUT2D eigenvalue weighted by molar-refractivity contribution is -0.138. The Bertz CT molecular complexity index is 659. The van der Waals surface area contributed by atoms with Gasteiger partial charge in [-0.3, -0.25) is 9.59 Å². The first-order valence-electron chi connectivity index (χ1n) is 8.84. The molecule has 4 aliphatic rings. The first-order chi connectivity index (χ1) is 12.1. The summed E-state index contributed by atoms with van der Waals surface area (Å²) in [6, 6.07) is 0.115. The van der Waals surface area contributed by atoms with Crippen molar-refractivity contribution in [1.82, 2.24) is 19.8 Å². The SMILES string of the molecule is CN1C(=O)[C@H]2CC[C@@H]1CN(C(=O)c1cnc(N3CCOCC3)nc1)C2. The van der Waals surface area contributed by atoms with Crippen LogP contribution < -0.4 is 4.90 Å². The van der Waals surface area contributed by atoms with Crippen LogP contribution in [0.4, 0.5) is 5.95 Å². The molecular formula is C17H23N5O3. The fraction of sp³-hybridized carbons (Fsp3) is 0.647. The van der Waals surface area contributed by atoms with E-state index in [4.69, 9.17) is 4.74 Å². The number of morpholine rings is 1. The average molecular weight is 345 g/mol. The number of hydrogen-bond donors (Lipinski definition) is 0. The van der Waals surface area contributed by atoms with Gasteiger partial charge in [-0.1, -0.05) is 0 Å². The van der Waals surface area contributed by atoms with Gasteiger partial charge in [0.1, 0.15) is 0 Å². The van der Waals surface area contributed by atoms with Crippen LogP contribution in [0, 0.1) is 5.92 Å². The van der Waals surface area contributed by atoms with Gasteiger partial charge >= 0.3 is 0 Å². The first kappa shape index (κ1) is 16.3. The number of aromatic nitrogens is 2. The lowest BCUT2D eigenvalue weighted by Gasteiger charge is -2.32. The highest BCUT2D eigenvalue weighted by atomic mass is 16.5. The molecule has 0 unspecified atom stereocenters. The third-order valence-electron chi connectivity index (χ3n) is 5.43. The number of ether oxygens (including phenoxy) is 1. The molecule has 0 aliphatic carbocycles. The van der Waals surface area contributed by atoms with Crippen molar-refractivity contribution in [1.29, 1.82) is 0 Å². The minimum Gasteiger partial charge on any atom is -0.378 e. The van der Waals surface area contributed by atoms with Crippen LogP contribution in [0.1, 0.15) is 23.2 Å². The first-order valence-corrected chi connectivity index (χ1v) is 8.84. The predicted octanol–water partition coefficient (Wildman–Crippen LogP) is 0.00600. The summed E-state index contributed by atoms with van der Waals surface area (Å²) in [6.45, 7) is 3.94. The van der Waals surface area contributed by atoms with E-state index in [1.807, 2.05) is 7.05 Å². The van der Waals surface area contributed by atoms with E-state index in [0.29, 0.717) is 37.8 Å². The summed E-state index contributed by atoms with van der Waals surface area (Å²) in [6.07, 6.45) is 5.02. The van der Waals surface area contributed by atoms with Crippen LogP contribution >= 0.6 is 0 Å². The predicted molar refractivity (Wildman–Crippen MR) is 90.2 cm³/mol. The Hall–Kier alpha value is -2.22. The van der Waals surface area contributed by atoms with Crippen molar-refractivity contribution in [3.8, 4) is 0 Å². The number of rotatable bonds is 2. The topological polar surface area (TPSA) is 78.9 Å². The zero-order chi connectivity index (χ0) is 17.4. The highest BCUT2D eigenvalue weighted by Crippen LogP contribution is 2.28. The Morgan fingerprint density at radius 2 is 1.88 bits per heavy atom. The van der Waals surface area contributed by atoms with Gasteiger partial charge in [0.05, 0.1) is 24.7 Å². The quantitative estimate of drug-likeness (QED) is 0.751. The fourth-order valence-electron chi connectivity index (χ4n) is 3.86. The Balaban J connectivity index is 1.48. The van der Waals surface area contributed by atoms with Crippen LogP contribution in [-0.4, -0.2) is 84.1 Å². The van der Waals surface area contributed by atoms with Crippen LogP contribution in [0.25, 0.3) is 0 Å². The molecule has 2 bridgehead atoms. The van der Waals surface area contributed by atoms with E-state index < -0.39 is 0 Å². The summed E-state index contributed by atoms with van der Waals surface area (Å²) >= 11 is 0. The number of hydrogen-bond acceptors (Lipinski definition) is 6. The molecular weight excluding hydrogens is 322 g/mol. The molecule has 5 heterocycles. The zero-order valence-corrected chi connectivity index (χ0v) is 14.4. The fourth-order valence-corrected chi connectivity index (χ4v) is 3.86. The number of amides is 2. The molecule has 25 heavy (non-hydrogen) atoms. The highest BCUT2D eigenvalue weighted by Gasteiger charge is 2.40. The van der Waals surface area contributed by atoms with E-state index in [1.165, 1.54) is 0 Å². The van der Waals surface area contributed by atoms with Gasteiger partial charge in [-0.25, -0.2) is 9.97 Å². The van der Waals surface area contributed by atoms with Crippen molar-refractivity contribution in [3.63, 3.8) is 0 Å². The van der Waals surface area contributed by atoms with Crippen LogP contribution in [0.15, 0.2) is 12.4 Å². The lowest BCUT2D eigenvalue weighted by atomic mass is 9.95. The Morgan fingerprint density at radius 1 is 1.16 bits per heavy atom. The van der Waals surface area contributed by atoms with Gasteiger partial charge in [0.2, 0.25) is 11.9 Å². The standard InChI is InChI=1S/C17H23N5O3/c1-20-14-3-2-12(15(20)23)10-22(11-14)16(24)13-8-18-17(19-9-13)21-4-6-25-7-5-21/h8-9,12,14H,2-7,10-11H2,1H3/t12-,14+/m0/s1. The van der Waals surface area contributed by atoms with Gasteiger partial charge < -0.3 is 19.4 Å². The number of piperidine rings is 1. The maximum absolute atomic E-state index is 12.9. The molecule has 4 fully saturated rings. The molecule has 2 atom stereocenters. The number of likely N-dealkylation sites (N-methyl/N-ethyl adjacent to an activating group) is 1. The highest BCUT2D eigenvalue weighted by molar-refractivity contribution is 5.94. The molecule has 1 aromatic heterocycles. The maximum atomic E-state index is 12.9. The third kappa shape index (κ3) is 3.06. The summed E-state index contributed by atoms with van der Waals surface area (Å²) in [7, 11) is 1.84. The molecule has 8 heteroatoms. The lowest BCUT2D eigenvalue weighted by Crippen LogP contribution is -2.45. The number of carbonyl (C=O) groups excluding carboxylic acids is 2. The molecule has 4 aliphatic heterocycles. The molecule has 0 spiro atoms. The van der Waals surface area contributed by atoms with E-state index in [2.05, 4.69) is 14.9 Å². The van der Waals surface area contributed by atoms with Crippen molar-refractivity contribution in [3.05, 3.63) is 18.0 Å². The molecule has 134 valence electrons. The van der Waals surface area contributed by atoms with Crippen molar-refractivity contribution in [2.24, 2.45) is 5.92 Å². The summed E-state index contributed by atoms with van der Waals surface area (Å²) in [4.78, 5) is 39.5. The van der Waals surface area contributed by atoms with Gasteiger partial charge in [0, 0.05) is 51.7 Å². The van der Waals surface area contributed by atoms with Gasteiger partial charge in [-0.05, 0) is 12.8 Å². The second-order valence-corrected chi connectivity index (χ2v) is 6.96. The monoisotopic (exact) mass is 345 g/mol. The van der Waals surface area contributed by atoms with E-state index in [-0.39, 0.29) is 23.8 Å². The van der Waals surface area contributed by atoms with Gasteiger partial charge in [-0.15, -0.1) is 0 Å². The summed E-state index contributed by atoms with van der Waals surface area (Å²) < 4.78 is 5.33. The Labute approximate surface area is 146 Å². The zero-order valence-electron chi connectivity index (χ0n) is 14.4. The third-order valence-corrected chi connectivity index (χ3v) is 5.43. The van der Waals surface area contributed by atoms with Crippen molar-refractivity contribution < 1.29 is 14.3 Å². The van der Waals surface area contributed by atoms with Crippen LogP contribution in [-0.2, 0) is 9.53 Å². The smallest absolute Gasteiger partial charge is 0.257 e. The molecule has 0 radical (unpaired) electrons. The van der Waals surface area contributed by atoms with E-state index >= 15 is 0 Å². The molecule has 0 aromatic carbocycles. The molecule has 1 aromatic rings.